The Labute approximate surface area is 136 Å². The van der Waals surface area contributed by atoms with Gasteiger partial charge in [-0.05, 0) is 19.1 Å². The van der Waals surface area contributed by atoms with Crippen molar-refractivity contribution in [2.75, 3.05) is 0 Å². The van der Waals surface area contributed by atoms with Crippen molar-refractivity contribution < 1.29 is 13.6 Å². The number of nitrogens with one attached hydrogen (secondary N) is 2. The van der Waals surface area contributed by atoms with Gasteiger partial charge in [0.25, 0.3) is 5.91 Å². The molecule has 1 atom stereocenters. The minimum atomic E-state index is -0.737. The zero-order valence-corrected chi connectivity index (χ0v) is 12.8. The van der Waals surface area contributed by atoms with Gasteiger partial charge >= 0.3 is 0 Å². The topological polar surface area (TPSA) is 62.0 Å². The van der Waals surface area contributed by atoms with Crippen molar-refractivity contribution in [3.63, 3.8) is 0 Å². The number of rotatable bonds is 3. The quantitative estimate of drug-likeness (QED) is 0.775. The molecule has 122 valence electrons. The molecule has 3 aromatic rings. The lowest BCUT2D eigenvalue weighted by molar-refractivity contribution is 0.0941. The largest absolute Gasteiger partial charge is 0.345 e. The zero-order valence-electron chi connectivity index (χ0n) is 12.8. The Bertz CT molecular complexity index is 982. The van der Waals surface area contributed by atoms with E-state index in [-0.39, 0.29) is 11.1 Å². The number of aromatic amines is 1. The monoisotopic (exact) mass is 328 g/mol. The smallest absolute Gasteiger partial charge is 0.252 e. The molecule has 0 aliphatic heterocycles. The highest BCUT2D eigenvalue weighted by Crippen LogP contribution is 2.20. The van der Waals surface area contributed by atoms with Gasteiger partial charge in [-0.1, -0.05) is 24.3 Å². The minimum absolute atomic E-state index is 0.166. The first-order valence-corrected chi connectivity index (χ1v) is 7.33. The van der Waals surface area contributed by atoms with Crippen molar-refractivity contribution >= 4 is 16.8 Å². The molecule has 6 heteroatoms. The lowest BCUT2D eigenvalue weighted by Gasteiger charge is -2.16. The highest BCUT2D eigenvalue weighted by Gasteiger charge is 2.17. The van der Waals surface area contributed by atoms with Crippen LogP contribution >= 0.6 is 0 Å². The predicted octanol–water partition coefficient (Wildman–Crippen LogP) is 3.30. The van der Waals surface area contributed by atoms with E-state index in [0.29, 0.717) is 10.9 Å². The summed E-state index contributed by atoms with van der Waals surface area (Å²) in [7, 11) is 0. The number of H-pyrrole nitrogens is 1. The molecule has 0 bridgehead atoms. The van der Waals surface area contributed by atoms with E-state index in [4.69, 9.17) is 0 Å². The Morgan fingerprint density at radius 2 is 1.88 bits per heavy atom. The maximum Gasteiger partial charge on any atom is 0.252 e. The summed E-state index contributed by atoms with van der Waals surface area (Å²) in [5.41, 5.74) is 0.498. The van der Waals surface area contributed by atoms with Crippen molar-refractivity contribution in [2.45, 2.75) is 13.0 Å². The molecule has 0 saturated carbocycles. The van der Waals surface area contributed by atoms with Crippen LogP contribution in [0, 0.1) is 11.6 Å². The van der Waals surface area contributed by atoms with Gasteiger partial charge in [-0.15, -0.1) is 0 Å². The molecule has 0 aliphatic rings. The van der Waals surface area contributed by atoms with E-state index >= 15 is 0 Å². The number of aromatic nitrogens is 1. The number of para-hydroxylation sites is 1. The summed E-state index contributed by atoms with van der Waals surface area (Å²) in [6.45, 7) is 1.59. The molecule has 2 aromatic carbocycles. The third-order valence-electron chi connectivity index (χ3n) is 3.77. The van der Waals surface area contributed by atoms with Gasteiger partial charge in [0, 0.05) is 28.6 Å². The Balaban J connectivity index is 1.94. The minimum Gasteiger partial charge on any atom is -0.345 e. The molecule has 1 amide bonds. The molecule has 0 spiro atoms. The highest BCUT2D eigenvalue weighted by atomic mass is 19.1. The second-order valence-corrected chi connectivity index (χ2v) is 5.45. The summed E-state index contributed by atoms with van der Waals surface area (Å²) < 4.78 is 26.8. The molecule has 2 N–H and O–H groups in total. The number of fused-ring (bicyclic) bond motifs is 1. The normalized spacial score (nSPS) is 12.1. The van der Waals surface area contributed by atoms with Gasteiger partial charge in [0.05, 0.1) is 11.6 Å². The number of halogens is 2. The number of carbonyl (C=O) groups is 1. The van der Waals surface area contributed by atoms with Crippen molar-refractivity contribution in [1.29, 1.82) is 0 Å². The third-order valence-corrected chi connectivity index (χ3v) is 3.77. The van der Waals surface area contributed by atoms with Crippen LogP contribution in [0.2, 0.25) is 0 Å². The van der Waals surface area contributed by atoms with Crippen LogP contribution in [0.15, 0.2) is 53.3 Å². The van der Waals surface area contributed by atoms with E-state index in [1.165, 1.54) is 12.1 Å². The maximum absolute atomic E-state index is 13.8. The van der Waals surface area contributed by atoms with Gasteiger partial charge < -0.3 is 10.3 Å². The van der Waals surface area contributed by atoms with Crippen molar-refractivity contribution in [2.24, 2.45) is 0 Å². The molecular weight excluding hydrogens is 314 g/mol. The Kier molecular flexibility index (Phi) is 4.12. The van der Waals surface area contributed by atoms with Crippen LogP contribution < -0.4 is 10.9 Å². The zero-order chi connectivity index (χ0) is 17.3. The van der Waals surface area contributed by atoms with Crippen LogP contribution in [-0.2, 0) is 0 Å². The SMILES string of the molecule is C[C@@H](NC(=O)c1cc(=O)[nH]c2ccccc12)c1ccc(F)cc1F. The van der Waals surface area contributed by atoms with E-state index < -0.39 is 29.1 Å². The average molecular weight is 328 g/mol. The molecule has 0 fully saturated rings. The molecule has 4 nitrogen and oxygen atoms in total. The van der Waals surface area contributed by atoms with Gasteiger partial charge in [0.2, 0.25) is 5.56 Å². The Hall–Kier alpha value is -3.02. The molecule has 1 heterocycles. The second-order valence-electron chi connectivity index (χ2n) is 5.45. The molecule has 0 unspecified atom stereocenters. The number of benzene rings is 2. The molecule has 0 radical (unpaired) electrons. The summed E-state index contributed by atoms with van der Waals surface area (Å²) in [5, 5.41) is 3.22. The first kappa shape index (κ1) is 15.9. The van der Waals surface area contributed by atoms with E-state index in [1.54, 1.807) is 31.2 Å². The molecule has 1 aromatic heterocycles. The van der Waals surface area contributed by atoms with E-state index in [2.05, 4.69) is 10.3 Å². The predicted molar refractivity (Wildman–Crippen MR) is 86.8 cm³/mol. The summed E-state index contributed by atoms with van der Waals surface area (Å²) >= 11 is 0. The van der Waals surface area contributed by atoms with Crippen LogP contribution in [-0.4, -0.2) is 10.9 Å². The number of hydrogen-bond donors (Lipinski definition) is 2. The van der Waals surface area contributed by atoms with Crippen LogP contribution in [0.3, 0.4) is 0 Å². The van der Waals surface area contributed by atoms with Gasteiger partial charge in [-0.3, -0.25) is 9.59 Å². The maximum atomic E-state index is 13.8. The van der Waals surface area contributed by atoms with Crippen LogP contribution in [0.5, 0.6) is 0 Å². The van der Waals surface area contributed by atoms with Crippen LogP contribution in [0.25, 0.3) is 10.9 Å². The first-order chi connectivity index (χ1) is 11.5. The van der Waals surface area contributed by atoms with E-state index in [9.17, 15) is 18.4 Å². The Morgan fingerprint density at radius 1 is 1.12 bits per heavy atom. The van der Waals surface area contributed by atoms with E-state index in [0.717, 1.165) is 12.1 Å². The lowest BCUT2D eigenvalue weighted by Crippen LogP contribution is -2.28. The first-order valence-electron chi connectivity index (χ1n) is 7.33. The molecule has 24 heavy (non-hydrogen) atoms. The molecule has 0 saturated heterocycles. The number of carbonyl (C=O) groups excluding carboxylic acids is 1. The van der Waals surface area contributed by atoms with Gasteiger partial charge in [0.1, 0.15) is 11.6 Å². The Morgan fingerprint density at radius 3 is 2.62 bits per heavy atom. The highest BCUT2D eigenvalue weighted by molar-refractivity contribution is 6.06. The fourth-order valence-electron chi connectivity index (χ4n) is 2.60. The summed E-state index contributed by atoms with van der Waals surface area (Å²) in [5.74, 6) is -1.93. The number of hydrogen-bond acceptors (Lipinski definition) is 2. The van der Waals surface area contributed by atoms with Crippen molar-refractivity contribution in [3.8, 4) is 0 Å². The summed E-state index contributed by atoms with van der Waals surface area (Å²) in [6.07, 6.45) is 0. The van der Waals surface area contributed by atoms with E-state index in [1.807, 2.05) is 0 Å². The number of amides is 1. The second kappa shape index (κ2) is 6.23. The van der Waals surface area contributed by atoms with Crippen LogP contribution in [0.1, 0.15) is 28.9 Å². The molecule has 0 aliphatic carbocycles. The van der Waals surface area contributed by atoms with Gasteiger partial charge in [-0.2, -0.15) is 0 Å². The average Bonchev–Trinajstić information content (AvgIpc) is 2.53. The fourth-order valence-corrected chi connectivity index (χ4v) is 2.60. The van der Waals surface area contributed by atoms with Crippen molar-refractivity contribution in [3.05, 3.63) is 81.6 Å². The lowest BCUT2D eigenvalue weighted by atomic mass is 10.1. The summed E-state index contributed by atoms with van der Waals surface area (Å²) in [6, 6.07) is 10.6. The molecule has 3 rings (SSSR count). The van der Waals surface area contributed by atoms with Gasteiger partial charge in [-0.25, -0.2) is 8.78 Å². The van der Waals surface area contributed by atoms with Gasteiger partial charge in [0.15, 0.2) is 0 Å². The number of pyridine rings is 1. The molecular formula is C18H14F2N2O2. The summed E-state index contributed by atoms with van der Waals surface area (Å²) in [4.78, 5) is 26.9. The van der Waals surface area contributed by atoms with Crippen molar-refractivity contribution in [1.82, 2.24) is 10.3 Å². The standard InChI is InChI=1S/C18H14F2N2O2/c1-10(12-7-6-11(19)8-15(12)20)21-18(24)14-9-17(23)22-16-5-3-2-4-13(14)16/h2-10H,1H3,(H,21,24)(H,22,23)/t10-/m1/s1. The fraction of sp³-hybridized carbons (Fsp3) is 0.111. The third kappa shape index (κ3) is 3.03. The van der Waals surface area contributed by atoms with Crippen LogP contribution in [0.4, 0.5) is 8.78 Å².